The van der Waals surface area contributed by atoms with Crippen molar-refractivity contribution in [2.45, 2.75) is 25.8 Å². The number of rotatable bonds is 9. The van der Waals surface area contributed by atoms with Crippen molar-refractivity contribution in [2.24, 2.45) is 0 Å². The molecule has 1 aromatic heterocycles. The molecule has 2 rings (SSSR count). The highest BCUT2D eigenvalue weighted by atomic mass is 16.5. The van der Waals surface area contributed by atoms with Gasteiger partial charge in [-0.05, 0) is 57.3 Å². The van der Waals surface area contributed by atoms with E-state index in [-0.39, 0.29) is 11.9 Å². The van der Waals surface area contributed by atoms with Crippen molar-refractivity contribution < 1.29 is 13.9 Å². The van der Waals surface area contributed by atoms with Gasteiger partial charge in [-0.3, -0.25) is 9.69 Å². The second kappa shape index (κ2) is 9.13. The van der Waals surface area contributed by atoms with Crippen LogP contribution in [0.1, 0.15) is 30.2 Å². The summed E-state index contributed by atoms with van der Waals surface area (Å²) in [4.78, 5) is 14.0. The number of hydrogen-bond donors (Lipinski definition) is 1. The topological polar surface area (TPSA) is 54.7 Å². The fourth-order valence-electron chi connectivity index (χ4n) is 2.45. The van der Waals surface area contributed by atoms with E-state index in [0.29, 0.717) is 26.0 Å². The molecule has 0 bridgehead atoms. The largest absolute Gasteiger partial charge is 0.494 e. The number of furan rings is 1. The van der Waals surface area contributed by atoms with Crippen LogP contribution in [0.5, 0.6) is 5.75 Å². The van der Waals surface area contributed by atoms with Crippen molar-refractivity contribution in [3.63, 3.8) is 0 Å². The smallest absolute Gasteiger partial charge is 0.220 e. The molecule has 5 nitrogen and oxygen atoms in total. The molecule has 1 unspecified atom stereocenters. The van der Waals surface area contributed by atoms with E-state index in [0.717, 1.165) is 17.1 Å². The molecule has 0 aliphatic rings. The molecule has 1 atom stereocenters. The van der Waals surface area contributed by atoms with E-state index >= 15 is 0 Å². The first-order chi connectivity index (χ1) is 11.6. The Balaban J connectivity index is 1.67. The Morgan fingerprint density at radius 1 is 1.29 bits per heavy atom. The van der Waals surface area contributed by atoms with E-state index in [2.05, 4.69) is 5.32 Å². The second-order valence-corrected chi connectivity index (χ2v) is 6.07. The zero-order valence-electron chi connectivity index (χ0n) is 14.6. The zero-order valence-corrected chi connectivity index (χ0v) is 14.6. The molecule has 2 aromatic rings. The second-order valence-electron chi connectivity index (χ2n) is 6.07. The van der Waals surface area contributed by atoms with E-state index in [4.69, 9.17) is 9.15 Å². The SMILES string of the molecule is Cc1cccc(OCCCC(=O)NCC(c2ccco2)N(C)C)c1. The lowest BCUT2D eigenvalue weighted by Gasteiger charge is -2.22. The van der Waals surface area contributed by atoms with Gasteiger partial charge in [0.2, 0.25) is 5.91 Å². The maximum Gasteiger partial charge on any atom is 0.220 e. The molecule has 0 aliphatic carbocycles. The predicted molar refractivity (Wildman–Crippen MR) is 94.1 cm³/mol. The summed E-state index contributed by atoms with van der Waals surface area (Å²) in [5.41, 5.74) is 1.16. The van der Waals surface area contributed by atoms with Gasteiger partial charge in [0.1, 0.15) is 11.5 Å². The number of aryl methyl sites for hydroxylation is 1. The molecule has 1 N–H and O–H groups in total. The van der Waals surface area contributed by atoms with Crippen molar-refractivity contribution in [1.29, 1.82) is 0 Å². The van der Waals surface area contributed by atoms with E-state index in [9.17, 15) is 4.79 Å². The van der Waals surface area contributed by atoms with Crippen LogP contribution < -0.4 is 10.1 Å². The van der Waals surface area contributed by atoms with Crippen LogP contribution in [0.2, 0.25) is 0 Å². The van der Waals surface area contributed by atoms with Gasteiger partial charge in [-0.2, -0.15) is 0 Å². The number of amides is 1. The monoisotopic (exact) mass is 330 g/mol. The van der Waals surface area contributed by atoms with Gasteiger partial charge in [0, 0.05) is 13.0 Å². The molecule has 0 aliphatic heterocycles. The van der Waals surface area contributed by atoms with Crippen LogP contribution in [0, 0.1) is 6.92 Å². The van der Waals surface area contributed by atoms with Crippen molar-refractivity contribution >= 4 is 5.91 Å². The first-order valence-corrected chi connectivity index (χ1v) is 8.22. The summed E-state index contributed by atoms with van der Waals surface area (Å²) in [5, 5.41) is 2.96. The van der Waals surface area contributed by atoms with Gasteiger partial charge in [0.05, 0.1) is 18.9 Å². The summed E-state index contributed by atoms with van der Waals surface area (Å²) in [5.74, 6) is 1.73. The van der Waals surface area contributed by atoms with Crippen molar-refractivity contribution in [3.8, 4) is 5.75 Å². The average molecular weight is 330 g/mol. The van der Waals surface area contributed by atoms with Gasteiger partial charge < -0.3 is 14.5 Å². The molecule has 5 heteroatoms. The third-order valence-corrected chi connectivity index (χ3v) is 3.79. The van der Waals surface area contributed by atoms with E-state index in [1.165, 1.54) is 0 Å². The zero-order chi connectivity index (χ0) is 17.4. The number of carbonyl (C=O) groups is 1. The highest BCUT2D eigenvalue weighted by Gasteiger charge is 2.17. The average Bonchev–Trinajstić information content (AvgIpc) is 3.06. The lowest BCUT2D eigenvalue weighted by molar-refractivity contribution is -0.121. The lowest BCUT2D eigenvalue weighted by Crippen LogP contribution is -2.34. The van der Waals surface area contributed by atoms with Crippen LogP contribution in [-0.2, 0) is 4.79 Å². The number of likely N-dealkylation sites (N-methyl/N-ethyl adjacent to an activating group) is 1. The van der Waals surface area contributed by atoms with E-state index in [1.807, 2.05) is 62.3 Å². The number of nitrogens with zero attached hydrogens (tertiary/aromatic N) is 1. The van der Waals surface area contributed by atoms with E-state index < -0.39 is 0 Å². The fourth-order valence-corrected chi connectivity index (χ4v) is 2.45. The molecule has 1 aromatic carbocycles. The quantitative estimate of drug-likeness (QED) is 0.718. The van der Waals surface area contributed by atoms with Gasteiger partial charge in [-0.15, -0.1) is 0 Å². The molecule has 130 valence electrons. The summed E-state index contributed by atoms with van der Waals surface area (Å²) in [6.07, 6.45) is 2.79. The summed E-state index contributed by atoms with van der Waals surface area (Å²) >= 11 is 0. The maximum absolute atomic E-state index is 12.0. The first-order valence-electron chi connectivity index (χ1n) is 8.22. The Morgan fingerprint density at radius 2 is 2.12 bits per heavy atom. The Hall–Kier alpha value is -2.27. The maximum atomic E-state index is 12.0. The normalized spacial score (nSPS) is 12.2. The molecule has 0 saturated carbocycles. The molecule has 0 saturated heterocycles. The third kappa shape index (κ3) is 5.74. The number of benzene rings is 1. The Labute approximate surface area is 143 Å². The standard InChI is InChI=1S/C19H26N2O3/c1-15-7-4-8-16(13-15)23-11-6-10-19(22)20-14-17(21(2)3)18-9-5-12-24-18/h4-5,7-9,12-13,17H,6,10-11,14H2,1-3H3,(H,20,22). The fraction of sp³-hybridized carbons (Fsp3) is 0.421. The molecule has 1 amide bonds. The Morgan fingerprint density at radius 3 is 2.79 bits per heavy atom. The number of carbonyl (C=O) groups excluding carboxylic acids is 1. The molecular weight excluding hydrogens is 304 g/mol. The summed E-state index contributed by atoms with van der Waals surface area (Å²) in [7, 11) is 3.93. The molecule has 24 heavy (non-hydrogen) atoms. The highest BCUT2D eigenvalue weighted by molar-refractivity contribution is 5.75. The van der Waals surface area contributed by atoms with Crippen LogP contribution in [-0.4, -0.2) is 38.1 Å². The molecular formula is C19H26N2O3. The van der Waals surface area contributed by atoms with Crippen LogP contribution in [0.15, 0.2) is 47.1 Å². The first kappa shape index (κ1) is 18.1. The number of ether oxygens (including phenoxy) is 1. The molecule has 0 fully saturated rings. The van der Waals surface area contributed by atoms with Crippen LogP contribution >= 0.6 is 0 Å². The van der Waals surface area contributed by atoms with Gasteiger partial charge in [-0.1, -0.05) is 12.1 Å². The minimum atomic E-state index is 0.0289. The molecule has 1 heterocycles. The van der Waals surface area contributed by atoms with Crippen molar-refractivity contribution in [1.82, 2.24) is 10.2 Å². The summed E-state index contributed by atoms with van der Waals surface area (Å²) in [6.45, 7) is 3.09. The van der Waals surface area contributed by atoms with Gasteiger partial charge in [0.15, 0.2) is 0 Å². The summed E-state index contributed by atoms with van der Waals surface area (Å²) < 4.78 is 11.1. The Bertz CT molecular complexity index is 623. The van der Waals surface area contributed by atoms with Gasteiger partial charge in [0.25, 0.3) is 0 Å². The van der Waals surface area contributed by atoms with Crippen molar-refractivity contribution in [2.75, 3.05) is 27.2 Å². The van der Waals surface area contributed by atoms with Gasteiger partial charge in [-0.25, -0.2) is 0 Å². The van der Waals surface area contributed by atoms with Gasteiger partial charge >= 0.3 is 0 Å². The number of nitrogens with one attached hydrogen (secondary N) is 1. The minimum Gasteiger partial charge on any atom is -0.494 e. The van der Waals surface area contributed by atoms with Crippen LogP contribution in [0.4, 0.5) is 0 Å². The highest BCUT2D eigenvalue weighted by Crippen LogP contribution is 2.17. The van der Waals surface area contributed by atoms with E-state index in [1.54, 1.807) is 6.26 Å². The van der Waals surface area contributed by atoms with Crippen LogP contribution in [0.3, 0.4) is 0 Å². The molecule has 0 radical (unpaired) electrons. The van der Waals surface area contributed by atoms with Crippen LogP contribution in [0.25, 0.3) is 0 Å². The summed E-state index contributed by atoms with van der Waals surface area (Å²) in [6, 6.07) is 11.7. The number of hydrogen-bond acceptors (Lipinski definition) is 4. The Kier molecular flexibility index (Phi) is 6.88. The lowest BCUT2D eigenvalue weighted by atomic mass is 10.2. The minimum absolute atomic E-state index is 0.0289. The third-order valence-electron chi connectivity index (χ3n) is 3.79. The van der Waals surface area contributed by atoms with Crippen molar-refractivity contribution in [3.05, 3.63) is 54.0 Å². The predicted octanol–water partition coefficient (Wildman–Crippen LogP) is 3.17. The molecule has 0 spiro atoms.